The van der Waals surface area contributed by atoms with E-state index in [1.165, 1.54) is 24.9 Å². The fourth-order valence-corrected chi connectivity index (χ4v) is 6.05. The standard InChI is InChI=1S/C48H46N4O8/c1-5-57-41-17-9-13-33(45(41)53)27-49-37-23-21-31(25-39(37)51-29-35-15-11-19-43(47(35)55)59-7-3)32-22-24-38(50-28-34-14-10-18-42(46(34)54)58-6-2)40(26-32)52-30-36-16-12-20-44(48(36)56)60-8-4/h9-30,53-56H,5-8H2,1-4H3. The van der Waals surface area contributed by atoms with Crippen LogP contribution in [0.4, 0.5) is 22.7 Å². The van der Waals surface area contributed by atoms with E-state index in [9.17, 15) is 20.4 Å². The van der Waals surface area contributed by atoms with Gasteiger partial charge in [0.05, 0.1) is 49.2 Å². The van der Waals surface area contributed by atoms with E-state index in [0.29, 0.717) is 94.4 Å². The minimum atomic E-state index is -0.0450. The lowest BCUT2D eigenvalue weighted by Crippen LogP contribution is -1.94. The molecule has 0 aliphatic heterocycles. The van der Waals surface area contributed by atoms with E-state index in [1.807, 2.05) is 52.0 Å². The topological polar surface area (TPSA) is 167 Å². The second-order valence-corrected chi connectivity index (χ2v) is 12.9. The maximum atomic E-state index is 10.9. The van der Waals surface area contributed by atoms with Crippen molar-refractivity contribution >= 4 is 47.6 Å². The van der Waals surface area contributed by atoms with Crippen LogP contribution in [-0.2, 0) is 0 Å². The van der Waals surface area contributed by atoms with Crippen molar-refractivity contribution < 1.29 is 39.4 Å². The summed E-state index contributed by atoms with van der Waals surface area (Å²) < 4.78 is 22.3. The number of benzene rings is 6. The summed E-state index contributed by atoms with van der Waals surface area (Å²) in [7, 11) is 0. The van der Waals surface area contributed by atoms with Crippen LogP contribution < -0.4 is 18.9 Å². The summed E-state index contributed by atoms with van der Waals surface area (Å²) in [6.07, 6.45) is 6.15. The number of nitrogens with zero attached hydrogens (tertiary/aromatic N) is 4. The van der Waals surface area contributed by atoms with Gasteiger partial charge in [-0.2, -0.15) is 0 Å². The minimum absolute atomic E-state index is 0.0339. The summed E-state index contributed by atoms with van der Waals surface area (Å²) in [5.74, 6) is 1.21. The highest BCUT2D eigenvalue weighted by molar-refractivity contribution is 5.93. The van der Waals surface area contributed by atoms with Gasteiger partial charge in [0, 0.05) is 47.1 Å². The third-order valence-electron chi connectivity index (χ3n) is 8.98. The van der Waals surface area contributed by atoms with Gasteiger partial charge in [0.1, 0.15) is 0 Å². The van der Waals surface area contributed by atoms with Crippen LogP contribution in [-0.4, -0.2) is 71.7 Å². The molecule has 0 fully saturated rings. The Morgan fingerprint density at radius 1 is 0.367 bits per heavy atom. The monoisotopic (exact) mass is 806 g/mol. The van der Waals surface area contributed by atoms with Gasteiger partial charge in [-0.05, 0) is 112 Å². The molecule has 0 spiro atoms. The maximum absolute atomic E-state index is 10.9. The van der Waals surface area contributed by atoms with Crippen LogP contribution in [0.2, 0.25) is 0 Å². The molecule has 6 aromatic rings. The molecule has 60 heavy (non-hydrogen) atoms. The molecular weight excluding hydrogens is 761 g/mol. The zero-order valence-electron chi connectivity index (χ0n) is 33.7. The van der Waals surface area contributed by atoms with Gasteiger partial charge in [-0.25, -0.2) is 0 Å². The van der Waals surface area contributed by atoms with Crippen molar-refractivity contribution in [2.24, 2.45) is 20.0 Å². The Bertz CT molecular complexity index is 2390. The second-order valence-electron chi connectivity index (χ2n) is 12.9. The lowest BCUT2D eigenvalue weighted by molar-refractivity contribution is 0.318. The molecule has 306 valence electrons. The van der Waals surface area contributed by atoms with Crippen LogP contribution >= 0.6 is 0 Å². The quantitative estimate of drug-likeness (QED) is 0.0661. The van der Waals surface area contributed by atoms with E-state index in [4.69, 9.17) is 38.9 Å². The van der Waals surface area contributed by atoms with Crippen LogP contribution in [0.3, 0.4) is 0 Å². The molecule has 4 N–H and O–H groups in total. The van der Waals surface area contributed by atoms with Crippen molar-refractivity contribution in [2.75, 3.05) is 26.4 Å². The number of phenols is 4. The summed E-state index contributed by atoms with van der Waals surface area (Å²) >= 11 is 0. The Balaban J connectivity index is 1.45. The molecule has 0 aliphatic carbocycles. The van der Waals surface area contributed by atoms with E-state index in [2.05, 4.69) is 0 Å². The van der Waals surface area contributed by atoms with Crippen molar-refractivity contribution in [1.82, 2.24) is 0 Å². The van der Waals surface area contributed by atoms with Gasteiger partial charge in [0.25, 0.3) is 0 Å². The first-order valence-corrected chi connectivity index (χ1v) is 19.5. The Morgan fingerprint density at radius 3 is 0.900 bits per heavy atom. The smallest absolute Gasteiger partial charge is 0.166 e. The van der Waals surface area contributed by atoms with E-state index in [-0.39, 0.29) is 23.0 Å². The van der Waals surface area contributed by atoms with Gasteiger partial charge in [0.15, 0.2) is 46.0 Å². The first-order chi connectivity index (χ1) is 29.2. The summed E-state index contributed by atoms with van der Waals surface area (Å²) in [6.45, 7) is 8.90. The first kappa shape index (κ1) is 42.0. The molecule has 0 atom stereocenters. The average molecular weight is 807 g/mol. The average Bonchev–Trinajstić information content (AvgIpc) is 3.25. The Hall–Kier alpha value is -7.60. The lowest BCUT2D eigenvalue weighted by atomic mass is 10.0. The maximum Gasteiger partial charge on any atom is 0.166 e. The van der Waals surface area contributed by atoms with E-state index >= 15 is 0 Å². The molecule has 0 aromatic heterocycles. The highest BCUT2D eigenvalue weighted by Gasteiger charge is 2.13. The molecule has 0 bridgehead atoms. The number of aliphatic imine (C=N–C) groups is 4. The summed E-state index contributed by atoms with van der Waals surface area (Å²) in [5.41, 5.74) is 5.18. The molecule has 0 saturated heterocycles. The van der Waals surface area contributed by atoms with Crippen LogP contribution in [0.5, 0.6) is 46.0 Å². The molecule has 0 aliphatic rings. The number of phenolic OH excluding ortho intramolecular Hbond substituents is 4. The normalized spacial score (nSPS) is 11.6. The molecule has 0 amide bonds. The largest absolute Gasteiger partial charge is 0.504 e. The highest BCUT2D eigenvalue weighted by atomic mass is 16.5. The Kier molecular flexibility index (Phi) is 14.1. The van der Waals surface area contributed by atoms with Gasteiger partial charge in [-0.1, -0.05) is 36.4 Å². The van der Waals surface area contributed by atoms with Crippen LogP contribution in [0, 0.1) is 0 Å². The number of para-hydroxylation sites is 4. The molecule has 6 rings (SSSR count). The second kappa shape index (κ2) is 20.2. The molecule has 0 heterocycles. The van der Waals surface area contributed by atoms with E-state index in [1.54, 1.807) is 84.9 Å². The molecular formula is C48H46N4O8. The third kappa shape index (κ3) is 10.1. The zero-order valence-corrected chi connectivity index (χ0v) is 33.7. The Labute approximate surface area is 348 Å². The van der Waals surface area contributed by atoms with Crippen LogP contribution in [0.15, 0.2) is 129 Å². The van der Waals surface area contributed by atoms with Gasteiger partial charge in [-0.3, -0.25) is 20.0 Å². The van der Waals surface area contributed by atoms with Gasteiger partial charge in [0.2, 0.25) is 0 Å². The minimum Gasteiger partial charge on any atom is -0.504 e. The number of aromatic hydroxyl groups is 4. The van der Waals surface area contributed by atoms with E-state index in [0.717, 1.165) is 11.1 Å². The molecule has 0 unspecified atom stereocenters. The SMILES string of the molecule is CCOc1cccc(C=Nc2ccc(-c3ccc(N=Cc4cccc(OCC)c4O)c(N=Cc4cccc(OCC)c4O)c3)cc2N=Cc2cccc(OCC)c2O)c1O. The summed E-state index contributed by atoms with van der Waals surface area (Å²) in [5, 5.41) is 43.5. The predicted molar refractivity (Wildman–Crippen MR) is 238 cm³/mol. The lowest BCUT2D eigenvalue weighted by Gasteiger charge is -2.10. The highest BCUT2D eigenvalue weighted by Crippen LogP contribution is 2.39. The van der Waals surface area contributed by atoms with Crippen molar-refractivity contribution in [1.29, 1.82) is 0 Å². The summed E-state index contributed by atoms with van der Waals surface area (Å²) in [6, 6.07) is 31.8. The van der Waals surface area contributed by atoms with Gasteiger partial charge < -0.3 is 39.4 Å². The number of rotatable bonds is 17. The van der Waals surface area contributed by atoms with Crippen molar-refractivity contribution in [3.05, 3.63) is 131 Å². The molecule has 12 nitrogen and oxygen atoms in total. The first-order valence-electron chi connectivity index (χ1n) is 19.5. The molecule has 0 radical (unpaired) electrons. The molecule has 0 saturated carbocycles. The van der Waals surface area contributed by atoms with Crippen molar-refractivity contribution in [2.45, 2.75) is 27.7 Å². The zero-order chi connectivity index (χ0) is 42.4. The number of ether oxygens (including phenoxy) is 4. The van der Waals surface area contributed by atoms with Crippen LogP contribution in [0.1, 0.15) is 49.9 Å². The molecule has 12 heteroatoms. The molecule has 6 aromatic carbocycles. The number of hydrogen-bond donors (Lipinski definition) is 4. The fourth-order valence-electron chi connectivity index (χ4n) is 6.05. The van der Waals surface area contributed by atoms with Crippen molar-refractivity contribution in [3.8, 4) is 57.1 Å². The van der Waals surface area contributed by atoms with Crippen molar-refractivity contribution in [3.63, 3.8) is 0 Å². The predicted octanol–water partition coefficient (Wildman–Crippen LogP) is 10.8. The Morgan fingerprint density at radius 2 is 0.633 bits per heavy atom. The van der Waals surface area contributed by atoms with Gasteiger partial charge in [-0.15, -0.1) is 0 Å². The fraction of sp³-hybridized carbons (Fsp3) is 0.167. The van der Waals surface area contributed by atoms with Gasteiger partial charge >= 0.3 is 0 Å². The summed E-state index contributed by atoms with van der Waals surface area (Å²) in [4.78, 5) is 19.0. The number of hydrogen-bond acceptors (Lipinski definition) is 12. The van der Waals surface area contributed by atoms with E-state index < -0.39 is 0 Å². The van der Waals surface area contributed by atoms with Crippen LogP contribution in [0.25, 0.3) is 11.1 Å². The third-order valence-corrected chi connectivity index (χ3v) is 8.98.